The van der Waals surface area contributed by atoms with Crippen LogP contribution in [0.15, 0.2) is 18.2 Å². The molecule has 0 aliphatic rings. The Bertz CT molecular complexity index is 508. The minimum absolute atomic E-state index is 0.517. The molecule has 1 aromatic carbocycles. The number of carbonyl (C=O) groups excluding carboxylic acids is 1. The molecular weight excluding hydrogens is 267 g/mol. The van der Waals surface area contributed by atoms with E-state index in [1.165, 1.54) is 0 Å². The lowest BCUT2D eigenvalue weighted by atomic mass is 10.1. The van der Waals surface area contributed by atoms with E-state index < -0.39 is 46.9 Å². The summed E-state index contributed by atoms with van der Waals surface area (Å²) in [5.41, 5.74) is 3.57. The standard InChI is InChI=1S/C10H10F3N3O3/c11-8-2-1-6(16(18)19)3-7(8)9(17)15-5-10(12,13)4-14/h1-3H,4-5,14H2,(H,15,17). The first-order valence-electron chi connectivity index (χ1n) is 5.07. The maximum Gasteiger partial charge on any atom is 0.277 e. The van der Waals surface area contributed by atoms with E-state index in [-0.39, 0.29) is 0 Å². The van der Waals surface area contributed by atoms with Crippen molar-refractivity contribution in [1.29, 1.82) is 0 Å². The largest absolute Gasteiger partial charge is 0.346 e. The van der Waals surface area contributed by atoms with Crippen molar-refractivity contribution in [3.8, 4) is 0 Å². The van der Waals surface area contributed by atoms with Gasteiger partial charge in [0.15, 0.2) is 0 Å². The molecule has 0 atom stereocenters. The molecule has 0 bridgehead atoms. The first kappa shape index (κ1) is 14.9. The number of nitrogens with two attached hydrogens (primary N) is 1. The average Bonchev–Trinajstić information content (AvgIpc) is 2.36. The Labute approximate surface area is 105 Å². The third-order valence-corrected chi connectivity index (χ3v) is 2.21. The first-order chi connectivity index (χ1) is 8.76. The Morgan fingerprint density at radius 3 is 2.63 bits per heavy atom. The number of halogens is 3. The summed E-state index contributed by atoms with van der Waals surface area (Å²) in [4.78, 5) is 21.1. The molecule has 6 nitrogen and oxygen atoms in total. The highest BCUT2D eigenvalue weighted by molar-refractivity contribution is 5.95. The van der Waals surface area contributed by atoms with Crippen molar-refractivity contribution < 1.29 is 22.9 Å². The van der Waals surface area contributed by atoms with Gasteiger partial charge in [0.2, 0.25) is 0 Å². The van der Waals surface area contributed by atoms with Gasteiger partial charge in [0, 0.05) is 12.1 Å². The number of rotatable bonds is 5. The monoisotopic (exact) mass is 277 g/mol. The number of amides is 1. The normalized spacial score (nSPS) is 11.2. The fraction of sp³-hybridized carbons (Fsp3) is 0.300. The number of nitrogens with one attached hydrogen (secondary N) is 1. The molecule has 0 aliphatic heterocycles. The number of hydrogen-bond acceptors (Lipinski definition) is 4. The highest BCUT2D eigenvalue weighted by atomic mass is 19.3. The van der Waals surface area contributed by atoms with E-state index in [1.54, 1.807) is 5.32 Å². The minimum atomic E-state index is -3.33. The van der Waals surface area contributed by atoms with Crippen molar-refractivity contribution in [2.24, 2.45) is 5.73 Å². The Balaban J connectivity index is 2.88. The molecular formula is C10H10F3N3O3. The number of alkyl halides is 2. The number of nitro groups is 1. The van der Waals surface area contributed by atoms with Gasteiger partial charge in [-0.05, 0) is 6.07 Å². The fourth-order valence-electron chi connectivity index (χ4n) is 1.18. The summed E-state index contributed by atoms with van der Waals surface area (Å²) in [6, 6.07) is 2.25. The predicted octanol–water partition coefficient (Wildman–Crippen LogP) is 1.06. The van der Waals surface area contributed by atoms with Crippen LogP contribution >= 0.6 is 0 Å². The van der Waals surface area contributed by atoms with Crippen LogP contribution in [0.25, 0.3) is 0 Å². The van der Waals surface area contributed by atoms with Gasteiger partial charge in [-0.2, -0.15) is 0 Å². The third kappa shape index (κ3) is 3.91. The molecule has 1 amide bonds. The highest BCUT2D eigenvalue weighted by Crippen LogP contribution is 2.17. The van der Waals surface area contributed by atoms with E-state index in [0.29, 0.717) is 12.1 Å². The summed E-state index contributed by atoms with van der Waals surface area (Å²) in [5.74, 6) is -5.54. The van der Waals surface area contributed by atoms with E-state index in [0.717, 1.165) is 6.07 Å². The van der Waals surface area contributed by atoms with Crippen LogP contribution in [0.1, 0.15) is 10.4 Å². The number of nitrogens with zero attached hydrogens (tertiary/aromatic N) is 1. The molecule has 9 heteroatoms. The van der Waals surface area contributed by atoms with Crippen molar-refractivity contribution in [3.63, 3.8) is 0 Å². The lowest BCUT2D eigenvalue weighted by Gasteiger charge is -2.14. The maximum absolute atomic E-state index is 13.3. The van der Waals surface area contributed by atoms with Crippen LogP contribution in [0, 0.1) is 15.9 Å². The summed E-state index contributed by atoms with van der Waals surface area (Å²) in [6.07, 6.45) is 0. The molecule has 0 saturated heterocycles. The molecule has 0 unspecified atom stereocenters. The molecule has 0 aromatic heterocycles. The Morgan fingerprint density at radius 1 is 1.47 bits per heavy atom. The second-order valence-electron chi connectivity index (χ2n) is 3.66. The van der Waals surface area contributed by atoms with Crippen molar-refractivity contribution in [2.75, 3.05) is 13.1 Å². The number of nitro benzene ring substituents is 1. The number of hydrogen-bond donors (Lipinski definition) is 2. The molecule has 0 fully saturated rings. The Kier molecular flexibility index (Phi) is 4.43. The van der Waals surface area contributed by atoms with Gasteiger partial charge in [0.05, 0.1) is 23.6 Å². The second-order valence-corrected chi connectivity index (χ2v) is 3.66. The molecule has 19 heavy (non-hydrogen) atoms. The highest BCUT2D eigenvalue weighted by Gasteiger charge is 2.28. The van der Waals surface area contributed by atoms with Gasteiger partial charge in [0.25, 0.3) is 17.5 Å². The summed E-state index contributed by atoms with van der Waals surface area (Å²) in [7, 11) is 0. The van der Waals surface area contributed by atoms with Crippen LogP contribution in [0.4, 0.5) is 18.9 Å². The van der Waals surface area contributed by atoms with E-state index in [2.05, 4.69) is 0 Å². The first-order valence-corrected chi connectivity index (χ1v) is 5.07. The zero-order valence-electron chi connectivity index (χ0n) is 9.53. The van der Waals surface area contributed by atoms with Crippen LogP contribution < -0.4 is 11.1 Å². The van der Waals surface area contributed by atoms with Crippen molar-refractivity contribution >= 4 is 11.6 Å². The molecule has 1 rings (SSSR count). The SMILES string of the molecule is NCC(F)(F)CNC(=O)c1cc([N+](=O)[O-])ccc1F. The molecule has 0 saturated carbocycles. The van der Waals surface area contributed by atoms with Crippen LogP contribution in [0.3, 0.4) is 0 Å². The fourth-order valence-corrected chi connectivity index (χ4v) is 1.18. The molecule has 3 N–H and O–H groups in total. The zero-order valence-corrected chi connectivity index (χ0v) is 9.53. The van der Waals surface area contributed by atoms with Crippen LogP contribution in [0.2, 0.25) is 0 Å². The molecule has 1 aromatic rings. The quantitative estimate of drug-likeness (QED) is 0.621. The molecule has 0 aliphatic carbocycles. The molecule has 104 valence electrons. The molecule has 0 heterocycles. The predicted molar refractivity (Wildman–Crippen MR) is 59.4 cm³/mol. The van der Waals surface area contributed by atoms with Gasteiger partial charge in [0.1, 0.15) is 5.82 Å². The zero-order chi connectivity index (χ0) is 14.6. The van der Waals surface area contributed by atoms with Gasteiger partial charge >= 0.3 is 0 Å². The number of non-ortho nitro benzene ring substituents is 1. The van der Waals surface area contributed by atoms with Crippen molar-refractivity contribution in [1.82, 2.24) is 5.32 Å². The number of carbonyl (C=O) groups is 1. The molecule has 0 spiro atoms. The lowest BCUT2D eigenvalue weighted by Crippen LogP contribution is -2.41. The molecule has 0 radical (unpaired) electrons. The topological polar surface area (TPSA) is 98.3 Å². The minimum Gasteiger partial charge on any atom is -0.346 e. The summed E-state index contributed by atoms with van der Waals surface area (Å²) in [5, 5.41) is 12.2. The van der Waals surface area contributed by atoms with Crippen molar-refractivity contribution in [2.45, 2.75) is 5.92 Å². The van der Waals surface area contributed by atoms with Gasteiger partial charge in [-0.15, -0.1) is 0 Å². The average molecular weight is 277 g/mol. The van der Waals surface area contributed by atoms with E-state index in [9.17, 15) is 28.1 Å². The van der Waals surface area contributed by atoms with Gasteiger partial charge in [-0.3, -0.25) is 14.9 Å². The van der Waals surface area contributed by atoms with Crippen LogP contribution in [0.5, 0.6) is 0 Å². The summed E-state index contributed by atoms with van der Waals surface area (Å²) in [6.45, 7) is -2.06. The van der Waals surface area contributed by atoms with E-state index in [4.69, 9.17) is 5.73 Å². The van der Waals surface area contributed by atoms with E-state index in [1.807, 2.05) is 0 Å². The van der Waals surface area contributed by atoms with Crippen LogP contribution in [-0.4, -0.2) is 29.8 Å². The van der Waals surface area contributed by atoms with E-state index >= 15 is 0 Å². The van der Waals surface area contributed by atoms with Gasteiger partial charge < -0.3 is 11.1 Å². The van der Waals surface area contributed by atoms with Crippen molar-refractivity contribution in [3.05, 3.63) is 39.7 Å². The summed E-state index contributed by atoms with van der Waals surface area (Å²) >= 11 is 0. The summed E-state index contributed by atoms with van der Waals surface area (Å²) < 4.78 is 38.9. The lowest BCUT2D eigenvalue weighted by molar-refractivity contribution is -0.384. The Hall–Kier alpha value is -2.16. The Morgan fingerprint density at radius 2 is 2.11 bits per heavy atom. The third-order valence-electron chi connectivity index (χ3n) is 2.21. The number of benzene rings is 1. The smallest absolute Gasteiger partial charge is 0.277 e. The maximum atomic E-state index is 13.3. The van der Waals surface area contributed by atoms with Crippen LogP contribution in [-0.2, 0) is 0 Å². The van der Waals surface area contributed by atoms with Gasteiger partial charge in [-0.1, -0.05) is 0 Å². The van der Waals surface area contributed by atoms with Gasteiger partial charge in [-0.25, -0.2) is 13.2 Å². The second kappa shape index (κ2) is 5.65.